The van der Waals surface area contributed by atoms with Crippen LogP contribution in [0.4, 0.5) is 0 Å². The molecular weight excluding hydrogens is 180 g/mol. The summed E-state index contributed by atoms with van der Waals surface area (Å²) in [4.78, 5) is 12.0. The van der Waals surface area contributed by atoms with Crippen molar-refractivity contribution < 1.29 is 4.76 Å². The van der Waals surface area contributed by atoms with Crippen LogP contribution in [0.1, 0.15) is 12.8 Å². The number of hydrogen-bond donors (Lipinski definition) is 3. The van der Waals surface area contributed by atoms with Crippen LogP contribution < -0.4 is 16.0 Å². The topological polar surface area (TPSA) is 56.2 Å². The van der Waals surface area contributed by atoms with Gasteiger partial charge in [-0.05, 0) is 13.0 Å². The molecule has 3 unspecified atom stereocenters. The molecule has 78 valence electrons. The SMILES string of the molecule is O=[N+]1CNC2CCNC3CNCCC231. The van der Waals surface area contributed by atoms with Crippen LogP contribution in [0, 0.1) is 4.91 Å². The van der Waals surface area contributed by atoms with E-state index in [1.165, 1.54) is 4.76 Å². The number of hydrogen-bond acceptors (Lipinski definition) is 4. The van der Waals surface area contributed by atoms with Gasteiger partial charge in [-0.1, -0.05) is 0 Å². The first-order chi connectivity index (χ1) is 6.84. The normalized spacial score (nSPS) is 47.3. The summed E-state index contributed by atoms with van der Waals surface area (Å²) in [7, 11) is 0. The van der Waals surface area contributed by atoms with Gasteiger partial charge in [0.15, 0.2) is 0 Å². The second kappa shape index (κ2) is 2.98. The Bertz CT molecular complexity index is 268. The van der Waals surface area contributed by atoms with Gasteiger partial charge in [-0.15, -0.1) is 0 Å². The Morgan fingerprint density at radius 3 is 3.07 bits per heavy atom. The third-order valence-electron chi connectivity index (χ3n) is 4.03. The maximum absolute atomic E-state index is 12.0. The first kappa shape index (κ1) is 8.76. The van der Waals surface area contributed by atoms with Crippen molar-refractivity contribution in [3.05, 3.63) is 4.91 Å². The summed E-state index contributed by atoms with van der Waals surface area (Å²) in [6.07, 6.45) is 2.04. The summed E-state index contributed by atoms with van der Waals surface area (Å²) in [5.74, 6) is 0. The molecule has 3 aliphatic heterocycles. The van der Waals surface area contributed by atoms with Crippen LogP contribution in [-0.4, -0.2) is 48.7 Å². The Labute approximate surface area is 83.2 Å². The van der Waals surface area contributed by atoms with Crippen molar-refractivity contribution in [1.29, 1.82) is 0 Å². The molecule has 3 atom stereocenters. The maximum atomic E-state index is 12.0. The van der Waals surface area contributed by atoms with Crippen molar-refractivity contribution in [2.24, 2.45) is 0 Å². The zero-order valence-electron chi connectivity index (χ0n) is 8.25. The number of rotatable bonds is 0. The fourth-order valence-corrected chi connectivity index (χ4v) is 3.30. The van der Waals surface area contributed by atoms with E-state index in [9.17, 15) is 4.91 Å². The van der Waals surface area contributed by atoms with Crippen LogP contribution in [-0.2, 0) is 0 Å². The first-order valence-electron chi connectivity index (χ1n) is 5.46. The van der Waals surface area contributed by atoms with Crippen LogP contribution in [0.3, 0.4) is 0 Å². The lowest BCUT2D eigenvalue weighted by atomic mass is 9.75. The molecule has 0 aliphatic carbocycles. The van der Waals surface area contributed by atoms with Gasteiger partial charge in [-0.2, -0.15) is 0 Å². The second-order valence-corrected chi connectivity index (χ2v) is 4.53. The molecule has 14 heavy (non-hydrogen) atoms. The Balaban J connectivity index is 1.98. The molecule has 3 rings (SSSR count). The molecule has 0 aromatic rings. The predicted octanol–water partition coefficient (Wildman–Crippen LogP) is -1.21. The van der Waals surface area contributed by atoms with Crippen molar-refractivity contribution in [2.75, 3.05) is 26.3 Å². The van der Waals surface area contributed by atoms with E-state index in [1.807, 2.05) is 0 Å². The minimum atomic E-state index is -0.163. The molecule has 0 aromatic carbocycles. The quantitative estimate of drug-likeness (QED) is 0.426. The average Bonchev–Trinajstić information content (AvgIpc) is 2.55. The van der Waals surface area contributed by atoms with Crippen molar-refractivity contribution in [1.82, 2.24) is 16.0 Å². The van der Waals surface area contributed by atoms with E-state index in [0.29, 0.717) is 18.8 Å². The van der Waals surface area contributed by atoms with Crippen molar-refractivity contribution in [3.8, 4) is 0 Å². The first-order valence-corrected chi connectivity index (χ1v) is 5.46. The zero-order chi connectivity index (χ0) is 9.60. The summed E-state index contributed by atoms with van der Waals surface area (Å²) in [5.41, 5.74) is -0.163. The molecule has 3 fully saturated rings. The minimum Gasteiger partial charge on any atom is -0.315 e. The van der Waals surface area contributed by atoms with Gasteiger partial charge >= 0.3 is 0 Å². The van der Waals surface area contributed by atoms with Gasteiger partial charge in [0.25, 0.3) is 0 Å². The van der Waals surface area contributed by atoms with Crippen molar-refractivity contribution in [3.63, 3.8) is 0 Å². The summed E-state index contributed by atoms with van der Waals surface area (Å²) < 4.78 is 1.27. The van der Waals surface area contributed by atoms with Crippen LogP contribution in [0.25, 0.3) is 0 Å². The molecule has 1 spiro atoms. The number of nitroso groups, excluding NO2 is 1. The predicted molar refractivity (Wildman–Crippen MR) is 52.0 cm³/mol. The number of nitrogens with one attached hydrogen (secondary N) is 3. The summed E-state index contributed by atoms with van der Waals surface area (Å²) in [6, 6.07) is 0.718. The molecule has 0 amide bonds. The highest BCUT2D eigenvalue weighted by Gasteiger charge is 2.64. The van der Waals surface area contributed by atoms with Crippen LogP contribution in [0.15, 0.2) is 0 Å². The van der Waals surface area contributed by atoms with E-state index in [1.54, 1.807) is 0 Å². The maximum Gasteiger partial charge on any atom is 0.246 e. The molecule has 3 heterocycles. The summed E-state index contributed by atoms with van der Waals surface area (Å²) >= 11 is 0. The second-order valence-electron chi connectivity index (χ2n) is 4.53. The van der Waals surface area contributed by atoms with E-state index in [0.717, 1.165) is 32.5 Å². The highest BCUT2D eigenvalue weighted by molar-refractivity contribution is 5.09. The Kier molecular flexibility index (Phi) is 1.87. The highest BCUT2D eigenvalue weighted by Crippen LogP contribution is 2.34. The third-order valence-corrected chi connectivity index (χ3v) is 4.03. The Morgan fingerprint density at radius 1 is 1.21 bits per heavy atom. The zero-order valence-corrected chi connectivity index (χ0v) is 8.25. The molecule has 0 aromatic heterocycles. The fourth-order valence-electron chi connectivity index (χ4n) is 3.30. The monoisotopic (exact) mass is 197 g/mol. The van der Waals surface area contributed by atoms with E-state index in [2.05, 4.69) is 16.0 Å². The van der Waals surface area contributed by atoms with Crippen molar-refractivity contribution >= 4 is 0 Å². The van der Waals surface area contributed by atoms with Crippen molar-refractivity contribution in [2.45, 2.75) is 30.5 Å². The molecule has 5 heteroatoms. The van der Waals surface area contributed by atoms with Crippen LogP contribution in [0.2, 0.25) is 0 Å². The van der Waals surface area contributed by atoms with Gasteiger partial charge < -0.3 is 10.6 Å². The van der Waals surface area contributed by atoms with Crippen LogP contribution in [0.5, 0.6) is 0 Å². The van der Waals surface area contributed by atoms with Gasteiger partial charge in [0.2, 0.25) is 12.2 Å². The van der Waals surface area contributed by atoms with Gasteiger partial charge in [0.05, 0.1) is 12.1 Å². The van der Waals surface area contributed by atoms with Gasteiger partial charge in [0, 0.05) is 29.2 Å². The number of nitrogens with zero attached hydrogens (tertiary/aromatic N) is 1. The van der Waals surface area contributed by atoms with Gasteiger partial charge in [-0.25, -0.2) is 5.32 Å². The molecule has 3 saturated heterocycles. The molecule has 0 radical (unpaired) electrons. The summed E-state index contributed by atoms with van der Waals surface area (Å²) in [5, 5.41) is 10.2. The standard InChI is InChI=1S/C9H17N4O/c14-13-6-12-7-1-3-11-8-5-10-4-2-9(7,8)13/h7-8,10-12H,1-6H2/q+1. The fraction of sp³-hybridized carbons (Fsp3) is 1.00. The lowest BCUT2D eigenvalue weighted by Crippen LogP contribution is -2.71. The average molecular weight is 197 g/mol. The smallest absolute Gasteiger partial charge is 0.246 e. The molecule has 5 nitrogen and oxygen atoms in total. The molecular formula is C9H17N4O+. The number of piperidine rings is 2. The lowest BCUT2D eigenvalue weighted by molar-refractivity contribution is -0.616. The molecule has 0 bridgehead atoms. The highest BCUT2D eigenvalue weighted by atomic mass is 16.3. The van der Waals surface area contributed by atoms with E-state index < -0.39 is 0 Å². The Morgan fingerprint density at radius 2 is 2.14 bits per heavy atom. The van der Waals surface area contributed by atoms with Crippen LogP contribution >= 0.6 is 0 Å². The van der Waals surface area contributed by atoms with Gasteiger partial charge in [-0.3, -0.25) is 0 Å². The largest absolute Gasteiger partial charge is 0.315 e. The van der Waals surface area contributed by atoms with Gasteiger partial charge in [0.1, 0.15) is 0 Å². The minimum absolute atomic E-state index is 0.163. The van der Waals surface area contributed by atoms with E-state index >= 15 is 0 Å². The summed E-state index contributed by atoms with van der Waals surface area (Å²) in [6.45, 7) is 3.43. The lowest BCUT2D eigenvalue weighted by Gasteiger charge is -2.41. The van der Waals surface area contributed by atoms with E-state index in [-0.39, 0.29) is 5.54 Å². The third kappa shape index (κ3) is 0.947. The molecule has 0 saturated carbocycles. The van der Waals surface area contributed by atoms with E-state index in [4.69, 9.17) is 0 Å². The molecule has 3 aliphatic rings. The molecule has 3 N–H and O–H groups in total. The Hall–Kier alpha value is -0.520.